The summed E-state index contributed by atoms with van der Waals surface area (Å²) < 4.78 is 26.6. The van der Waals surface area contributed by atoms with Crippen molar-refractivity contribution < 1.29 is 13.6 Å². The minimum absolute atomic E-state index is 0.00391. The van der Waals surface area contributed by atoms with Gasteiger partial charge in [-0.3, -0.25) is 4.79 Å². The van der Waals surface area contributed by atoms with E-state index in [0.29, 0.717) is 12.8 Å². The fourth-order valence-electron chi connectivity index (χ4n) is 2.83. The number of halogens is 2. The third-order valence-electron chi connectivity index (χ3n) is 3.91. The molecule has 3 heteroatoms. The van der Waals surface area contributed by atoms with Gasteiger partial charge in [0, 0.05) is 12.0 Å². The summed E-state index contributed by atoms with van der Waals surface area (Å²) in [7, 11) is 0. The number of carbonyl (C=O) groups is 1. The molecule has 102 valence electrons. The Kier molecular flexibility index (Phi) is 3.35. The van der Waals surface area contributed by atoms with Gasteiger partial charge in [0.25, 0.3) is 0 Å². The number of aryl methyl sites for hydroxylation is 1. The molecule has 3 rings (SSSR count). The highest BCUT2D eigenvalue weighted by atomic mass is 19.1. The maximum Gasteiger partial charge on any atom is 0.169 e. The highest BCUT2D eigenvalue weighted by Crippen LogP contribution is 2.28. The van der Waals surface area contributed by atoms with Crippen molar-refractivity contribution in [1.82, 2.24) is 0 Å². The lowest BCUT2D eigenvalue weighted by atomic mass is 9.80. The number of hydrogen-bond donors (Lipinski definition) is 0. The van der Waals surface area contributed by atoms with E-state index in [1.807, 2.05) is 18.2 Å². The Labute approximate surface area is 116 Å². The molecule has 0 spiro atoms. The van der Waals surface area contributed by atoms with Gasteiger partial charge in [-0.15, -0.1) is 0 Å². The molecule has 0 bridgehead atoms. The number of carbonyl (C=O) groups excluding carboxylic acids is 1. The van der Waals surface area contributed by atoms with E-state index in [1.165, 1.54) is 11.6 Å². The summed E-state index contributed by atoms with van der Waals surface area (Å²) in [5, 5.41) is 0. The fourth-order valence-corrected chi connectivity index (χ4v) is 2.83. The van der Waals surface area contributed by atoms with E-state index in [0.717, 1.165) is 24.1 Å². The molecule has 0 saturated heterocycles. The average molecular weight is 272 g/mol. The molecule has 0 amide bonds. The van der Waals surface area contributed by atoms with Crippen molar-refractivity contribution in [3.05, 3.63) is 70.8 Å². The third kappa shape index (κ3) is 2.36. The first kappa shape index (κ1) is 13.0. The van der Waals surface area contributed by atoms with Crippen molar-refractivity contribution in [3.63, 3.8) is 0 Å². The minimum atomic E-state index is -0.770. The Morgan fingerprint density at radius 3 is 2.55 bits per heavy atom. The molecular weight excluding hydrogens is 258 g/mol. The van der Waals surface area contributed by atoms with Crippen molar-refractivity contribution in [1.29, 1.82) is 0 Å². The zero-order valence-electron chi connectivity index (χ0n) is 10.9. The molecule has 1 atom stereocenters. The smallest absolute Gasteiger partial charge is 0.169 e. The minimum Gasteiger partial charge on any atom is -0.294 e. The normalized spacial score (nSPS) is 17.6. The summed E-state index contributed by atoms with van der Waals surface area (Å²) >= 11 is 0. The van der Waals surface area contributed by atoms with Gasteiger partial charge in [-0.05, 0) is 42.5 Å². The maximum absolute atomic E-state index is 13.7. The largest absolute Gasteiger partial charge is 0.294 e. The van der Waals surface area contributed by atoms with Crippen molar-refractivity contribution >= 4 is 5.78 Å². The van der Waals surface area contributed by atoms with Crippen LogP contribution in [0.3, 0.4) is 0 Å². The molecule has 2 aromatic rings. The fraction of sp³-hybridized carbons (Fsp3) is 0.235. The third-order valence-corrected chi connectivity index (χ3v) is 3.91. The van der Waals surface area contributed by atoms with Gasteiger partial charge in [-0.25, -0.2) is 8.78 Å². The molecule has 0 fully saturated rings. The Hall–Kier alpha value is -2.03. The predicted octanol–water partition coefficient (Wildman–Crippen LogP) is 3.95. The molecule has 1 aliphatic rings. The lowest BCUT2D eigenvalue weighted by Gasteiger charge is -2.23. The molecule has 1 nitrogen and oxygen atoms in total. The monoisotopic (exact) mass is 272 g/mol. The second-order valence-electron chi connectivity index (χ2n) is 5.20. The average Bonchev–Trinajstić information content (AvgIpc) is 2.46. The SMILES string of the molecule is O=C(c1ccc(F)cc1F)C1CCc2ccccc2C1. The summed E-state index contributed by atoms with van der Waals surface area (Å²) in [5.74, 6) is -1.87. The summed E-state index contributed by atoms with van der Waals surface area (Å²) in [6, 6.07) is 11.2. The second-order valence-corrected chi connectivity index (χ2v) is 5.20. The first-order valence-corrected chi connectivity index (χ1v) is 6.71. The molecule has 0 heterocycles. The highest BCUT2D eigenvalue weighted by Gasteiger charge is 2.27. The van der Waals surface area contributed by atoms with Crippen LogP contribution in [-0.2, 0) is 12.8 Å². The van der Waals surface area contributed by atoms with Gasteiger partial charge >= 0.3 is 0 Å². The molecule has 0 aromatic heterocycles. The summed E-state index contributed by atoms with van der Waals surface area (Å²) in [5.41, 5.74) is 2.41. The van der Waals surface area contributed by atoms with Crippen LogP contribution in [0.1, 0.15) is 27.9 Å². The molecule has 2 aromatic carbocycles. The van der Waals surface area contributed by atoms with E-state index < -0.39 is 11.6 Å². The molecule has 20 heavy (non-hydrogen) atoms. The summed E-state index contributed by atoms with van der Waals surface area (Å²) in [4.78, 5) is 12.4. The molecule has 0 saturated carbocycles. The van der Waals surface area contributed by atoms with Gasteiger partial charge in [0.15, 0.2) is 5.78 Å². The Morgan fingerprint density at radius 2 is 1.80 bits per heavy atom. The van der Waals surface area contributed by atoms with Crippen LogP contribution < -0.4 is 0 Å². The number of Topliss-reactive ketones (excluding diaryl/α,β-unsaturated/α-hetero) is 1. The van der Waals surface area contributed by atoms with Crippen molar-refractivity contribution in [2.75, 3.05) is 0 Å². The van der Waals surface area contributed by atoms with E-state index in [4.69, 9.17) is 0 Å². The standard InChI is InChI=1S/C17H14F2O/c18-14-7-8-15(16(19)10-14)17(20)13-6-5-11-3-1-2-4-12(11)9-13/h1-4,7-8,10,13H,5-6,9H2. The molecule has 1 unspecified atom stereocenters. The molecule has 0 N–H and O–H groups in total. The second kappa shape index (κ2) is 5.16. The van der Waals surface area contributed by atoms with Gasteiger partial charge < -0.3 is 0 Å². The Balaban J connectivity index is 1.86. The number of fused-ring (bicyclic) bond motifs is 1. The Morgan fingerprint density at radius 1 is 1.05 bits per heavy atom. The number of rotatable bonds is 2. The quantitative estimate of drug-likeness (QED) is 0.756. The summed E-state index contributed by atoms with van der Waals surface area (Å²) in [6.07, 6.45) is 2.17. The first-order valence-electron chi connectivity index (χ1n) is 6.71. The number of benzene rings is 2. The van der Waals surface area contributed by atoms with Gasteiger partial charge in [0.2, 0.25) is 0 Å². The zero-order chi connectivity index (χ0) is 14.1. The van der Waals surface area contributed by atoms with E-state index >= 15 is 0 Å². The lowest BCUT2D eigenvalue weighted by molar-refractivity contribution is 0.0904. The van der Waals surface area contributed by atoms with Crippen LogP contribution in [0.15, 0.2) is 42.5 Å². The molecule has 1 aliphatic carbocycles. The van der Waals surface area contributed by atoms with Crippen LogP contribution in [0.5, 0.6) is 0 Å². The van der Waals surface area contributed by atoms with Gasteiger partial charge in [0.1, 0.15) is 11.6 Å². The van der Waals surface area contributed by atoms with Gasteiger partial charge in [0.05, 0.1) is 5.56 Å². The zero-order valence-corrected chi connectivity index (χ0v) is 10.9. The van der Waals surface area contributed by atoms with E-state index in [2.05, 4.69) is 6.07 Å². The van der Waals surface area contributed by atoms with Crippen molar-refractivity contribution in [2.45, 2.75) is 19.3 Å². The van der Waals surface area contributed by atoms with E-state index in [9.17, 15) is 13.6 Å². The van der Waals surface area contributed by atoms with Crippen LogP contribution in [0.4, 0.5) is 8.78 Å². The molecule has 0 radical (unpaired) electrons. The van der Waals surface area contributed by atoms with Crippen molar-refractivity contribution in [2.24, 2.45) is 5.92 Å². The number of ketones is 1. The van der Waals surface area contributed by atoms with Gasteiger partial charge in [-0.1, -0.05) is 24.3 Å². The topological polar surface area (TPSA) is 17.1 Å². The maximum atomic E-state index is 13.7. The van der Waals surface area contributed by atoms with Crippen LogP contribution in [0.25, 0.3) is 0 Å². The van der Waals surface area contributed by atoms with E-state index in [1.54, 1.807) is 0 Å². The van der Waals surface area contributed by atoms with Gasteiger partial charge in [-0.2, -0.15) is 0 Å². The van der Waals surface area contributed by atoms with Crippen LogP contribution in [0.2, 0.25) is 0 Å². The van der Waals surface area contributed by atoms with Crippen LogP contribution in [-0.4, -0.2) is 5.78 Å². The van der Waals surface area contributed by atoms with Crippen LogP contribution >= 0.6 is 0 Å². The van der Waals surface area contributed by atoms with Crippen LogP contribution in [0, 0.1) is 17.6 Å². The first-order chi connectivity index (χ1) is 9.65. The summed E-state index contributed by atoms with van der Waals surface area (Å²) in [6.45, 7) is 0. The van der Waals surface area contributed by atoms with Crippen molar-refractivity contribution in [3.8, 4) is 0 Å². The molecular formula is C17H14F2O. The van der Waals surface area contributed by atoms with E-state index in [-0.39, 0.29) is 17.3 Å². The lowest BCUT2D eigenvalue weighted by Crippen LogP contribution is -2.23. The predicted molar refractivity (Wildman–Crippen MR) is 72.6 cm³/mol. The number of hydrogen-bond acceptors (Lipinski definition) is 1. The Bertz CT molecular complexity index is 664. The molecule has 0 aliphatic heterocycles. The highest BCUT2D eigenvalue weighted by molar-refractivity contribution is 5.98.